The van der Waals surface area contributed by atoms with E-state index in [0.29, 0.717) is 18.1 Å². The molecule has 10 heteroatoms. The highest BCUT2D eigenvalue weighted by Crippen LogP contribution is 2.37. The molecule has 0 aliphatic heterocycles. The predicted molar refractivity (Wildman–Crippen MR) is 100 cm³/mol. The van der Waals surface area contributed by atoms with Crippen LogP contribution in [0.5, 0.6) is 0 Å². The van der Waals surface area contributed by atoms with Crippen LogP contribution >= 0.6 is 11.6 Å². The molecule has 3 rings (SSSR count). The van der Waals surface area contributed by atoms with E-state index in [9.17, 15) is 13.2 Å². The summed E-state index contributed by atoms with van der Waals surface area (Å²) >= 11 is 5.75. The SMILES string of the molecule is CCC(COC)c1cnn2c(Nc3ccc(Cl)cc3C(F)(F)F)nc(C)nc12. The summed E-state index contributed by atoms with van der Waals surface area (Å²) in [5.41, 5.74) is 0.325. The van der Waals surface area contributed by atoms with Crippen molar-refractivity contribution < 1.29 is 17.9 Å². The number of fused-ring (bicyclic) bond motifs is 1. The Balaban J connectivity index is 2.10. The topological polar surface area (TPSA) is 64.3 Å². The Kier molecular flexibility index (Phi) is 5.76. The molecule has 3 aromatic rings. The maximum absolute atomic E-state index is 13.4. The van der Waals surface area contributed by atoms with Gasteiger partial charge in [-0.15, -0.1) is 0 Å². The van der Waals surface area contributed by atoms with Crippen molar-refractivity contribution in [3.05, 3.63) is 46.4 Å². The van der Waals surface area contributed by atoms with Crippen LogP contribution in [0, 0.1) is 6.92 Å². The Morgan fingerprint density at radius 2 is 2.04 bits per heavy atom. The first-order valence-electron chi connectivity index (χ1n) is 8.59. The van der Waals surface area contributed by atoms with E-state index in [0.717, 1.165) is 18.1 Å². The zero-order chi connectivity index (χ0) is 20.5. The number of benzene rings is 1. The highest BCUT2D eigenvalue weighted by atomic mass is 35.5. The van der Waals surface area contributed by atoms with Crippen LogP contribution in [0.3, 0.4) is 0 Å². The normalized spacial score (nSPS) is 13.1. The van der Waals surface area contributed by atoms with Crippen LogP contribution in [0.1, 0.15) is 36.2 Å². The van der Waals surface area contributed by atoms with Gasteiger partial charge < -0.3 is 10.1 Å². The number of hydrogen-bond donors (Lipinski definition) is 1. The van der Waals surface area contributed by atoms with Crippen molar-refractivity contribution >= 4 is 28.9 Å². The molecular formula is C18H19ClF3N5O. The van der Waals surface area contributed by atoms with Crippen LogP contribution in [-0.2, 0) is 10.9 Å². The fraction of sp³-hybridized carbons (Fsp3) is 0.389. The molecule has 1 aromatic carbocycles. The molecule has 0 saturated heterocycles. The van der Waals surface area contributed by atoms with Gasteiger partial charge >= 0.3 is 6.18 Å². The number of methoxy groups -OCH3 is 1. The summed E-state index contributed by atoms with van der Waals surface area (Å²) in [5.74, 6) is 0.603. The second-order valence-corrected chi connectivity index (χ2v) is 6.74. The number of nitrogens with one attached hydrogen (secondary N) is 1. The molecule has 1 N–H and O–H groups in total. The van der Waals surface area contributed by atoms with Gasteiger partial charge in [-0.1, -0.05) is 18.5 Å². The molecule has 0 radical (unpaired) electrons. The smallest absolute Gasteiger partial charge is 0.384 e. The Morgan fingerprint density at radius 1 is 1.29 bits per heavy atom. The molecule has 0 aliphatic carbocycles. The minimum Gasteiger partial charge on any atom is -0.384 e. The van der Waals surface area contributed by atoms with Gasteiger partial charge in [-0.05, 0) is 31.5 Å². The van der Waals surface area contributed by atoms with Crippen LogP contribution in [0.2, 0.25) is 5.02 Å². The van der Waals surface area contributed by atoms with Crippen molar-refractivity contribution in [2.45, 2.75) is 32.4 Å². The third kappa shape index (κ3) is 4.05. The molecule has 0 spiro atoms. The van der Waals surface area contributed by atoms with E-state index >= 15 is 0 Å². The zero-order valence-electron chi connectivity index (χ0n) is 15.5. The second-order valence-electron chi connectivity index (χ2n) is 6.30. The Hall–Kier alpha value is -2.39. The first kappa shape index (κ1) is 20.3. The van der Waals surface area contributed by atoms with Crippen LogP contribution < -0.4 is 5.32 Å². The van der Waals surface area contributed by atoms with E-state index in [-0.39, 0.29) is 22.6 Å². The van der Waals surface area contributed by atoms with Crippen LogP contribution in [-0.4, -0.2) is 33.3 Å². The van der Waals surface area contributed by atoms with Gasteiger partial charge in [0, 0.05) is 23.6 Å². The summed E-state index contributed by atoms with van der Waals surface area (Å²) in [6.07, 6.45) is -2.12. The van der Waals surface area contributed by atoms with E-state index in [1.54, 1.807) is 20.2 Å². The number of aromatic nitrogens is 4. The number of anilines is 2. The average Bonchev–Trinajstić information content (AvgIpc) is 3.04. The summed E-state index contributed by atoms with van der Waals surface area (Å²) in [6.45, 7) is 4.18. The molecular weight excluding hydrogens is 395 g/mol. The van der Waals surface area contributed by atoms with Crippen molar-refractivity contribution in [1.82, 2.24) is 19.6 Å². The lowest BCUT2D eigenvalue weighted by Crippen LogP contribution is -2.12. The van der Waals surface area contributed by atoms with E-state index in [1.807, 2.05) is 6.92 Å². The van der Waals surface area contributed by atoms with Crippen molar-refractivity contribution in [2.75, 3.05) is 19.0 Å². The number of rotatable bonds is 6. The standard InChI is InChI=1S/C18H19ClF3N5O/c1-4-11(9-28-3)13-8-23-27-16(13)24-10(2)25-17(27)26-15-6-5-12(19)7-14(15)18(20,21)22/h5-8,11H,4,9H2,1-3H3,(H,24,25,26). The van der Waals surface area contributed by atoms with Crippen molar-refractivity contribution in [3.8, 4) is 0 Å². The minimum absolute atomic E-state index is 0.00591. The fourth-order valence-corrected chi connectivity index (χ4v) is 3.15. The first-order valence-corrected chi connectivity index (χ1v) is 8.97. The third-order valence-electron chi connectivity index (χ3n) is 4.34. The highest BCUT2D eigenvalue weighted by Gasteiger charge is 2.34. The van der Waals surface area contributed by atoms with Gasteiger partial charge in [-0.25, -0.2) is 4.98 Å². The van der Waals surface area contributed by atoms with E-state index < -0.39 is 11.7 Å². The zero-order valence-corrected chi connectivity index (χ0v) is 16.3. The van der Waals surface area contributed by atoms with Gasteiger partial charge in [0.25, 0.3) is 0 Å². The number of aryl methyl sites for hydroxylation is 1. The van der Waals surface area contributed by atoms with Gasteiger partial charge in [-0.3, -0.25) is 0 Å². The van der Waals surface area contributed by atoms with Gasteiger partial charge in [0.2, 0.25) is 5.95 Å². The van der Waals surface area contributed by atoms with E-state index in [2.05, 4.69) is 20.4 Å². The number of halogens is 4. The van der Waals surface area contributed by atoms with Crippen molar-refractivity contribution in [3.63, 3.8) is 0 Å². The molecule has 28 heavy (non-hydrogen) atoms. The molecule has 2 aromatic heterocycles. The van der Waals surface area contributed by atoms with Crippen molar-refractivity contribution in [1.29, 1.82) is 0 Å². The van der Waals surface area contributed by atoms with Gasteiger partial charge in [0.15, 0.2) is 5.65 Å². The molecule has 0 amide bonds. The van der Waals surface area contributed by atoms with Crippen molar-refractivity contribution in [2.24, 2.45) is 0 Å². The Bertz CT molecular complexity index is 989. The molecule has 1 atom stereocenters. The van der Waals surface area contributed by atoms with Gasteiger partial charge in [0.05, 0.1) is 24.1 Å². The van der Waals surface area contributed by atoms with Crippen LogP contribution in [0.15, 0.2) is 24.4 Å². The Morgan fingerprint density at radius 3 is 2.68 bits per heavy atom. The maximum Gasteiger partial charge on any atom is 0.418 e. The average molecular weight is 414 g/mol. The molecule has 150 valence electrons. The molecule has 2 heterocycles. The molecule has 0 fully saturated rings. The number of nitrogens with zero attached hydrogens (tertiary/aromatic N) is 4. The summed E-state index contributed by atoms with van der Waals surface area (Å²) in [5, 5.41) is 7.01. The lowest BCUT2D eigenvalue weighted by atomic mass is 10.0. The van der Waals surface area contributed by atoms with Gasteiger partial charge in [-0.2, -0.15) is 27.8 Å². The monoisotopic (exact) mass is 413 g/mol. The number of ether oxygens (including phenoxy) is 1. The van der Waals surface area contributed by atoms with Crippen LogP contribution in [0.25, 0.3) is 5.65 Å². The molecule has 0 bridgehead atoms. The van der Waals surface area contributed by atoms with E-state index in [4.69, 9.17) is 16.3 Å². The third-order valence-corrected chi connectivity index (χ3v) is 4.58. The minimum atomic E-state index is -4.57. The molecule has 6 nitrogen and oxygen atoms in total. The summed E-state index contributed by atoms with van der Waals surface area (Å²) in [4.78, 5) is 8.66. The fourth-order valence-electron chi connectivity index (χ4n) is 2.98. The predicted octanol–water partition coefficient (Wildman–Crippen LogP) is 4.99. The van der Waals surface area contributed by atoms with E-state index in [1.165, 1.54) is 16.6 Å². The van der Waals surface area contributed by atoms with Crippen LogP contribution in [0.4, 0.5) is 24.8 Å². The highest BCUT2D eigenvalue weighted by molar-refractivity contribution is 6.30. The summed E-state index contributed by atoms with van der Waals surface area (Å²) < 4.78 is 46.8. The quantitative estimate of drug-likeness (QED) is 0.616. The second kappa shape index (κ2) is 7.92. The summed E-state index contributed by atoms with van der Waals surface area (Å²) in [6, 6.07) is 3.51. The lowest BCUT2D eigenvalue weighted by molar-refractivity contribution is -0.136. The molecule has 1 unspecified atom stereocenters. The number of alkyl halides is 3. The molecule has 0 saturated carbocycles. The lowest BCUT2D eigenvalue weighted by Gasteiger charge is -2.16. The Labute approximate surface area is 164 Å². The number of hydrogen-bond acceptors (Lipinski definition) is 5. The molecule has 0 aliphatic rings. The van der Waals surface area contributed by atoms with Gasteiger partial charge in [0.1, 0.15) is 5.82 Å². The maximum atomic E-state index is 13.4. The summed E-state index contributed by atoms with van der Waals surface area (Å²) in [7, 11) is 1.61. The first-order chi connectivity index (χ1) is 13.2. The largest absolute Gasteiger partial charge is 0.418 e.